The van der Waals surface area contributed by atoms with Crippen LogP contribution >= 0.6 is 10.8 Å². The molecule has 4 rings (SSSR count). The van der Waals surface area contributed by atoms with Gasteiger partial charge in [-0.3, -0.25) is 13.4 Å². The zero-order valence-electron chi connectivity index (χ0n) is 23.8. The molecule has 218 valence electrons. The van der Waals surface area contributed by atoms with Crippen LogP contribution in [-0.4, -0.2) is 48.9 Å². The summed E-state index contributed by atoms with van der Waals surface area (Å²) in [5.41, 5.74) is 2.35. The van der Waals surface area contributed by atoms with Gasteiger partial charge in [0.05, 0.1) is 23.2 Å². The molecule has 1 saturated heterocycles. The van der Waals surface area contributed by atoms with Crippen molar-refractivity contribution in [3.8, 4) is 5.75 Å². The first kappa shape index (κ1) is 30.1. The van der Waals surface area contributed by atoms with Gasteiger partial charge in [0.25, 0.3) is 0 Å². The van der Waals surface area contributed by atoms with Crippen molar-refractivity contribution in [2.24, 2.45) is 5.92 Å². The van der Waals surface area contributed by atoms with Crippen LogP contribution in [0.3, 0.4) is 0 Å². The summed E-state index contributed by atoms with van der Waals surface area (Å²) in [5, 5.41) is 0. The molecule has 39 heavy (non-hydrogen) atoms. The van der Waals surface area contributed by atoms with Crippen molar-refractivity contribution in [1.29, 1.82) is 0 Å². The fourth-order valence-corrected chi connectivity index (χ4v) is 8.85. The van der Waals surface area contributed by atoms with Gasteiger partial charge >= 0.3 is 0 Å². The molecule has 1 unspecified atom stereocenters. The molecule has 2 heterocycles. The van der Waals surface area contributed by atoms with Gasteiger partial charge in [-0.1, -0.05) is 36.8 Å². The second-order valence-corrected chi connectivity index (χ2v) is 15.1. The van der Waals surface area contributed by atoms with Crippen LogP contribution < -0.4 is 13.8 Å². The van der Waals surface area contributed by atoms with Crippen molar-refractivity contribution in [1.82, 2.24) is 4.72 Å². The minimum absolute atomic E-state index is 0.0893. The number of benzene rings is 2. The topological polar surface area (TPSA) is 108 Å². The van der Waals surface area contributed by atoms with Crippen molar-refractivity contribution in [3.63, 3.8) is 0 Å². The molecular weight excluding hydrogens is 536 g/mol. The van der Waals surface area contributed by atoms with Crippen LogP contribution in [0.1, 0.15) is 71.4 Å². The first-order valence-electron chi connectivity index (χ1n) is 13.9. The van der Waals surface area contributed by atoms with E-state index in [1.54, 1.807) is 37.2 Å². The minimum atomic E-state index is -4.03. The summed E-state index contributed by atoms with van der Waals surface area (Å²) >= 11 is 0. The molecule has 0 aliphatic carbocycles. The quantitative estimate of drug-likeness (QED) is 0.316. The van der Waals surface area contributed by atoms with E-state index in [2.05, 4.69) is 17.7 Å². The lowest BCUT2D eigenvalue weighted by Crippen LogP contribution is -2.41. The third kappa shape index (κ3) is 6.92. The predicted molar refractivity (Wildman–Crippen MR) is 157 cm³/mol. The Balaban J connectivity index is 1.76. The maximum atomic E-state index is 13.6. The van der Waals surface area contributed by atoms with Gasteiger partial charge in [-0.2, -0.15) is 0 Å². The average Bonchev–Trinajstić information content (AvgIpc) is 2.89. The number of anilines is 1. The maximum Gasteiger partial charge on any atom is 0.244 e. The van der Waals surface area contributed by atoms with Gasteiger partial charge in [-0.25, -0.2) is 13.1 Å². The zero-order valence-corrected chi connectivity index (χ0v) is 25.4. The summed E-state index contributed by atoms with van der Waals surface area (Å²) in [4.78, 5) is 0.0645. The Bertz CT molecular complexity index is 1250. The molecule has 0 spiro atoms. The molecule has 0 radical (unpaired) electrons. The highest BCUT2D eigenvalue weighted by Crippen LogP contribution is 2.58. The number of rotatable bonds is 9. The number of nitrogens with zero attached hydrogens (tertiary/aromatic N) is 1. The summed E-state index contributed by atoms with van der Waals surface area (Å²) in [6.45, 7) is 11.1. The zero-order chi connectivity index (χ0) is 28.4. The Morgan fingerprint density at radius 2 is 1.77 bits per heavy atom. The molecule has 2 aliphatic rings. The number of hydrogen-bond acceptors (Lipinski definition) is 7. The fourth-order valence-electron chi connectivity index (χ4n) is 5.31. The largest absolute Gasteiger partial charge is 0.492 e. The third-order valence-corrected chi connectivity index (χ3v) is 11.1. The Labute approximate surface area is 235 Å². The van der Waals surface area contributed by atoms with Crippen LogP contribution in [0, 0.1) is 5.92 Å². The number of hydrogen-bond donors (Lipinski definition) is 3. The highest BCUT2D eigenvalue weighted by Gasteiger charge is 2.37. The first-order valence-corrected chi connectivity index (χ1v) is 16.9. The summed E-state index contributed by atoms with van der Waals surface area (Å²) in [6, 6.07) is 10.6. The molecule has 0 aromatic heterocycles. The minimum Gasteiger partial charge on any atom is -0.492 e. The van der Waals surface area contributed by atoms with Crippen LogP contribution in [0.4, 0.5) is 5.69 Å². The van der Waals surface area contributed by atoms with E-state index in [-0.39, 0.29) is 27.5 Å². The smallest absolute Gasteiger partial charge is 0.244 e. The Hall–Kier alpha value is -1.82. The molecule has 10 heteroatoms. The van der Waals surface area contributed by atoms with Gasteiger partial charge in [0, 0.05) is 18.8 Å². The van der Waals surface area contributed by atoms with E-state index >= 15 is 0 Å². The molecule has 1 atom stereocenters. The van der Waals surface area contributed by atoms with Gasteiger partial charge in [-0.05, 0) is 101 Å². The third-order valence-electron chi connectivity index (χ3n) is 7.39. The number of ether oxygens (including phenoxy) is 2. The molecule has 2 aliphatic heterocycles. The van der Waals surface area contributed by atoms with Crippen molar-refractivity contribution in [2.45, 2.75) is 94.5 Å². The van der Waals surface area contributed by atoms with Gasteiger partial charge in [0.2, 0.25) is 10.0 Å². The standard InChI is InChI=1S/C29H44N2O6S2/c1-6-21-8-12-26-23(18-21)9-10-24(7-2)31(26)39(34,35)25-11-13-27(37-20-22-14-16-36-17-15-22)28(19-25)38(32,33)30-29(3,4)5/h8,11-13,18-19,22,24,30,34-35H,6-7,9-10,14-17,20H2,1-5H3. The molecule has 8 nitrogen and oxygen atoms in total. The highest BCUT2D eigenvalue weighted by molar-refractivity contribution is 8.25. The van der Waals surface area contributed by atoms with Gasteiger partial charge < -0.3 is 9.47 Å². The number of nitrogens with one attached hydrogen (secondary N) is 1. The summed E-state index contributed by atoms with van der Waals surface area (Å²) in [7, 11) is -7.60. The monoisotopic (exact) mass is 580 g/mol. The molecule has 0 saturated carbocycles. The van der Waals surface area contributed by atoms with Crippen LogP contribution in [0.5, 0.6) is 5.75 Å². The molecule has 0 amide bonds. The van der Waals surface area contributed by atoms with E-state index in [1.165, 1.54) is 11.6 Å². The van der Waals surface area contributed by atoms with E-state index in [0.717, 1.165) is 49.8 Å². The van der Waals surface area contributed by atoms with E-state index in [9.17, 15) is 17.5 Å². The SMILES string of the molecule is CCc1ccc2c(c1)CCC(CC)N2S(O)(O)c1ccc(OCC2CCOCC2)c(S(=O)(=O)NC(C)(C)C)c1. The number of aryl methyl sites for hydroxylation is 2. The van der Waals surface area contributed by atoms with Crippen LogP contribution in [0.2, 0.25) is 0 Å². The molecule has 1 fully saturated rings. The van der Waals surface area contributed by atoms with Crippen LogP contribution in [0.25, 0.3) is 0 Å². The maximum absolute atomic E-state index is 13.6. The van der Waals surface area contributed by atoms with Gasteiger partial charge in [0.15, 0.2) is 0 Å². The van der Waals surface area contributed by atoms with Gasteiger partial charge in [0.1, 0.15) is 10.6 Å². The molecular formula is C29H44N2O6S2. The lowest BCUT2D eigenvalue weighted by atomic mass is 9.94. The van der Waals surface area contributed by atoms with Crippen molar-refractivity contribution < 1.29 is 27.0 Å². The number of fused-ring (bicyclic) bond motifs is 1. The Kier molecular flexibility index (Phi) is 9.25. The first-order chi connectivity index (χ1) is 18.4. The second kappa shape index (κ2) is 12.0. The Morgan fingerprint density at radius 1 is 1.05 bits per heavy atom. The lowest BCUT2D eigenvalue weighted by Gasteiger charge is -2.51. The fraction of sp³-hybridized carbons (Fsp3) is 0.586. The average molecular weight is 581 g/mol. The van der Waals surface area contributed by atoms with E-state index < -0.39 is 26.3 Å². The normalized spacial score (nSPS) is 19.6. The molecule has 3 N–H and O–H groups in total. The van der Waals surface area contributed by atoms with Crippen molar-refractivity contribution in [2.75, 3.05) is 24.1 Å². The van der Waals surface area contributed by atoms with E-state index in [0.29, 0.717) is 19.8 Å². The summed E-state index contributed by atoms with van der Waals surface area (Å²) in [6.07, 6.45) is 4.99. The molecule has 2 aromatic rings. The van der Waals surface area contributed by atoms with Crippen LogP contribution in [-0.2, 0) is 27.6 Å². The summed E-state index contributed by atoms with van der Waals surface area (Å²) in [5.74, 6) is 0.476. The lowest BCUT2D eigenvalue weighted by molar-refractivity contribution is 0.0493. The van der Waals surface area contributed by atoms with Gasteiger partial charge in [-0.15, -0.1) is 0 Å². The van der Waals surface area contributed by atoms with E-state index in [1.807, 2.05) is 19.1 Å². The second-order valence-electron chi connectivity index (χ2n) is 11.6. The van der Waals surface area contributed by atoms with Crippen molar-refractivity contribution in [3.05, 3.63) is 47.5 Å². The van der Waals surface area contributed by atoms with E-state index in [4.69, 9.17) is 9.47 Å². The molecule has 0 bridgehead atoms. The number of sulfonamides is 1. The van der Waals surface area contributed by atoms with Crippen LogP contribution in [0.15, 0.2) is 46.2 Å². The Morgan fingerprint density at radius 3 is 2.41 bits per heavy atom. The summed E-state index contributed by atoms with van der Waals surface area (Å²) < 4.78 is 66.8. The van der Waals surface area contributed by atoms with Crippen molar-refractivity contribution >= 4 is 26.5 Å². The predicted octanol–water partition coefficient (Wildman–Crippen LogP) is 6.39. The molecule has 2 aromatic carbocycles. The highest BCUT2D eigenvalue weighted by atomic mass is 32.3.